The summed E-state index contributed by atoms with van der Waals surface area (Å²) in [5, 5.41) is 10.8. The van der Waals surface area contributed by atoms with Crippen LogP contribution in [0.4, 0.5) is 0 Å². The molecule has 104 valence electrons. The van der Waals surface area contributed by atoms with Gasteiger partial charge in [-0.3, -0.25) is 0 Å². The molecule has 0 atom stereocenters. The summed E-state index contributed by atoms with van der Waals surface area (Å²) in [6.07, 6.45) is 0.549. The highest BCUT2D eigenvalue weighted by Gasteiger charge is 1.99. The lowest BCUT2D eigenvalue weighted by Gasteiger charge is -2.01. The molecule has 1 aromatic heterocycles. The molecule has 0 radical (unpaired) electrons. The van der Waals surface area contributed by atoms with Crippen molar-refractivity contribution in [1.29, 1.82) is 0 Å². The molecule has 2 rings (SSSR count). The van der Waals surface area contributed by atoms with Crippen LogP contribution in [0.3, 0.4) is 0 Å². The van der Waals surface area contributed by atoms with Crippen molar-refractivity contribution in [3.05, 3.63) is 57.3 Å². The molecule has 0 amide bonds. The van der Waals surface area contributed by atoms with Crippen LogP contribution in [0.1, 0.15) is 28.0 Å². The van der Waals surface area contributed by atoms with E-state index in [0.29, 0.717) is 6.42 Å². The Balaban J connectivity index is 1.81. The monoisotopic (exact) mass is 302 g/mol. The first-order valence-corrected chi connectivity index (χ1v) is 8.62. The van der Waals surface area contributed by atoms with E-state index < -0.39 is 0 Å². The summed E-state index contributed by atoms with van der Waals surface area (Å²) in [7, 11) is 0. The van der Waals surface area contributed by atoms with E-state index in [2.05, 4.69) is 54.5 Å². The number of benzene rings is 1. The number of aliphatic hydroxyl groups is 1. The van der Waals surface area contributed by atoms with Gasteiger partial charge in [0, 0.05) is 33.7 Å². The molecule has 0 unspecified atom stereocenters. The lowest BCUT2D eigenvalue weighted by molar-refractivity contribution is 0.305. The highest BCUT2D eigenvalue weighted by Crippen LogP contribution is 2.23. The van der Waals surface area contributed by atoms with Gasteiger partial charge in [-0.2, -0.15) is 11.8 Å². The molecule has 1 aromatic carbocycles. The zero-order chi connectivity index (χ0) is 14.2. The van der Waals surface area contributed by atoms with Crippen molar-refractivity contribution in [3.8, 4) is 11.8 Å². The standard InChI is InChI=1S/C17H18OS2/c1-14-5-4-7-15(9-14)11-19-13-17-10-16(12-20-17)6-2-3-8-18/h4-5,7,9-10,12,18H,3,8,11,13H2,1H3. The number of thioether (sulfide) groups is 1. The van der Waals surface area contributed by atoms with Gasteiger partial charge in [0.1, 0.15) is 0 Å². The minimum atomic E-state index is 0.135. The summed E-state index contributed by atoms with van der Waals surface area (Å²) in [5.41, 5.74) is 3.77. The SMILES string of the molecule is Cc1cccc(CSCc2cc(C#CCCO)cs2)c1. The average Bonchev–Trinajstić information content (AvgIpc) is 2.87. The number of thiophene rings is 1. The van der Waals surface area contributed by atoms with Gasteiger partial charge in [-0.05, 0) is 18.6 Å². The van der Waals surface area contributed by atoms with Gasteiger partial charge < -0.3 is 5.11 Å². The molecule has 1 N–H and O–H groups in total. The van der Waals surface area contributed by atoms with E-state index in [9.17, 15) is 0 Å². The molecule has 20 heavy (non-hydrogen) atoms. The molecular formula is C17H18OS2. The van der Waals surface area contributed by atoms with Gasteiger partial charge in [0.25, 0.3) is 0 Å². The van der Waals surface area contributed by atoms with E-state index in [1.54, 1.807) is 11.3 Å². The Morgan fingerprint density at radius 3 is 2.95 bits per heavy atom. The third-order valence-electron chi connectivity index (χ3n) is 2.72. The van der Waals surface area contributed by atoms with Crippen molar-refractivity contribution in [2.45, 2.75) is 24.9 Å². The fourth-order valence-corrected chi connectivity index (χ4v) is 3.74. The van der Waals surface area contributed by atoms with Crippen molar-refractivity contribution in [1.82, 2.24) is 0 Å². The molecule has 0 aliphatic rings. The van der Waals surface area contributed by atoms with Crippen molar-refractivity contribution in [3.63, 3.8) is 0 Å². The van der Waals surface area contributed by atoms with Gasteiger partial charge in [0.05, 0.1) is 6.61 Å². The molecule has 0 aliphatic carbocycles. The molecule has 0 saturated heterocycles. The number of aryl methyl sites for hydroxylation is 1. The van der Waals surface area contributed by atoms with Crippen LogP contribution in [0, 0.1) is 18.8 Å². The van der Waals surface area contributed by atoms with Gasteiger partial charge in [0.2, 0.25) is 0 Å². The highest BCUT2D eigenvalue weighted by molar-refractivity contribution is 7.97. The zero-order valence-corrected chi connectivity index (χ0v) is 13.2. The predicted octanol–water partition coefficient (Wildman–Crippen LogP) is 4.22. The van der Waals surface area contributed by atoms with Crippen molar-refractivity contribution < 1.29 is 5.11 Å². The van der Waals surface area contributed by atoms with E-state index in [4.69, 9.17) is 5.11 Å². The van der Waals surface area contributed by atoms with Crippen LogP contribution < -0.4 is 0 Å². The summed E-state index contributed by atoms with van der Waals surface area (Å²) < 4.78 is 0. The molecule has 0 aliphatic heterocycles. The molecule has 1 heterocycles. The minimum absolute atomic E-state index is 0.135. The first-order chi connectivity index (χ1) is 9.78. The Kier molecular flexibility index (Phi) is 6.20. The topological polar surface area (TPSA) is 20.2 Å². The summed E-state index contributed by atoms with van der Waals surface area (Å²) in [4.78, 5) is 1.36. The van der Waals surface area contributed by atoms with Crippen molar-refractivity contribution in [2.24, 2.45) is 0 Å². The van der Waals surface area contributed by atoms with Crippen molar-refractivity contribution >= 4 is 23.1 Å². The second-order valence-electron chi connectivity index (χ2n) is 4.56. The Hall–Kier alpha value is -1.21. The van der Waals surface area contributed by atoms with E-state index >= 15 is 0 Å². The lowest BCUT2D eigenvalue weighted by Crippen LogP contribution is -1.82. The smallest absolute Gasteiger partial charge is 0.0540 e. The quantitative estimate of drug-likeness (QED) is 0.834. The Morgan fingerprint density at radius 1 is 1.25 bits per heavy atom. The predicted molar refractivity (Wildman–Crippen MR) is 89.1 cm³/mol. The second kappa shape index (κ2) is 8.16. The average molecular weight is 302 g/mol. The Bertz CT molecular complexity index is 605. The largest absolute Gasteiger partial charge is 0.395 e. The van der Waals surface area contributed by atoms with Gasteiger partial charge in [0.15, 0.2) is 0 Å². The van der Waals surface area contributed by atoms with Crippen LogP contribution >= 0.6 is 23.1 Å². The minimum Gasteiger partial charge on any atom is -0.395 e. The van der Waals surface area contributed by atoms with Crippen molar-refractivity contribution in [2.75, 3.05) is 6.61 Å². The fraction of sp³-hybridized carbons (Fsp3) is 0.294. The van der Waals surface area contributed by atoms with Crippen LogP contribution in [-0.4, -0.2) is 11.7 Å². The van der Waals surface area contributed by atoms with Crippen LogP contribution in [-0.2, 0) is 11.5 Å². The van der Waals surface area contributed by atoms with Crippen LogP contribution in [0.2, 0.25) is 0 Å². The maximum atomic E-state index is 8.69. The number of aliphatic hydroxyl groups excluding tert-OH is 1. The lowest BCUT2D eigenvalue weighted by atomic mass is 10.2. The molecular weight excluding hydrogens is 284 g/mol. The van der Waals surface area contributed by atoms with Gasteiger partial charge in [-0.1, -0.05) is 41.7 Å². The van der Waals surface area contributed by atoms with Crippen LogP contribution in [0.5, 0.6) is 0 Å². The molecule has 0 bridgehead atoms. The molecule has 0 fully saturated rings. The van der Waals surface area contributed by atoms with E-state index in [-0.39, 0.29) is 6.61 Å². The number of hydrogen-bond donors (Lipinski definition) is 1. The molecule has 1 nitrogen and oxygen atoms in total. The van der Waals surface area contributed by atoms with Gasteiger partial charge in [-0.15, -0.1) is 11.3 Å². The first kappa shape index (κ1) is 15.2. The van der Waals surface area contributed by atoms with E-state index in [1.165, 1.54) is 16.0 Å². The third-order valence-corrected chi connectivity index (χ3v) is 4.89. The van der Waals surface area contributed by atoms with Gasteiger partial charge in [-0.25, -0.2) is 0 Å². The Labute approximate surface area is 129 Å². The highest BCUT2D eigenvalue weighted by atomic mass is 32.2. The normalized spacial score (nSPS) is 10.1. The maximum absolute atomic E-state index is 8.69. The summed E-state index contributed by atoms with van der Waals surface area (Å²) in [6.45, 7) is 2.26. The third kappa shape index (κ3) is 5.05. The second-order valence-corrected chi connectivity index (χ2v) is 6.54. The number of hydrogen-bond acceptors (Lipinski definition) is 3. The van der Waals surface area contributed by atoms with Crippen LogP contribution in [0.15, 0.2) is 35.7 Å². The van der Waals surface area contributed by atoms with Gasteiger partial charge >= 0.3 is 0 Å². The summed E-state index contributed by atoms with van der Waals surface area (Å²) >= 11 is 3.69. The number of rotatable bonds is 5. The van der Waals surface area contributed by atoms with E-state index in [1.807, 2.05) is 11.8 Å². The maximum Gasteiger partial charge on any atom is 0.0540 e. The molecule has 0 saturated carbocycles. The molecule has 3 heteroatoms. The van der Waals surface area contributed by atoms with E-state index in [0.717, 1.165) is 17.1 Å². The van der Waals surface area contributed by atoms with Crippen LogP contribution in [0.25, 0.3) is 0 Å². The summed E-state index contributed by atoms with van der Waals surface area (Å²) in [5.74, 6) is 8.10. The molecule has 2 aromatic rings. The fourth-order valence-electron chi connectivity index (χ4n) is 1.81. The Morgan fingerprint density at radius 2 is 2.15 bits per heavy atom. The summed E-state index contributed by atoms with van der Waals surface area (Å²) in [6, 6.07) is 10.8. The zero-order valence-electron chi connectivity index (χ0n) is 11.6. The molecule has 0 spiro atoms. The first-order valence-electron chi connectivity index (χ1n) is 6.58.